The first-order valence-corrected chi connectivity index (χ1v) is 6.98. The lowest BCUT2D eigenvalue weighted by atomic mass is 9.89. The van der Waals surface area contributed by atoms with E-state index in [1.165, 1.54) is 19.4 Å². The van der Waals surface area contributed by atoms with E-state index < -0.39 is 0 Å². The van der Waals surface area contributed by atoms with E-state index >= 15 is 0 Å². The van der Waals surface area contributed by atoms with Crippen LogP contribution in [0.25, 0.3) is 0 Å². The zero-order valence-electron chi connectivity index (χ0n) is 12.0. The van der Waals surface area contributed by atoms with Crippen LogP contribution in [0.5, 0.6) is 0 Å². The van der Waals surface area contributed by atoms with Crippen molar-refractivity contribution in [2.45, 2.75) is 46.1 Å². The van der Waals surface area contributed by atoms with Gasteiger partial charge in [0.15, 0.2) is 0 Å². The number of hydrogen-bond donors (Lipinski definition) is 2. The number of ether oxygens (including phenoxy) is 1. The number of nitrogens with one attached hydrogen (secondary N) is 2. The molecule has 2 unspecified atom stereocenters. The summed E-state index contributed by atoms with van der Waals surface area (Å²) in [6.45, 7) is 11.2. The van der Waals surface area contributed by atoms with Gasteiger partial charge < -0.3 is 15.4 Å². The standard InChI is InChI=1S/C14H30N2O/c1-12-6-5-8-16-13(12)10-15-11-14(2,3)7-9-17-4/h12-13,15-16H,5-11H2,1-4H3. The van der Waals surface area contributed by atoms with Crippen molar-refractivity contribution in [1.29, 1.82) is 0 Å². The fraction of sp³-hybridized carbons (Fsp3) is 1.00. The van der Waals surface area contributed by atoms with Crippen LogP contribution in [0.15, 0.2) is 0 Å². The van der Waals surface area contributed by atoms with Gasteiger partial charge in [0.1, 0.15) is 0 Å². The van der Waals surface area contributed by atoms with Crippen molar-refractivity contribution >= 4 is 0 Å². The molecule has 1 heterocycles. The first-order chi connectivity index (χ1) is 8.05. The van der Waals surface area contributed by atoms with E-state index in [2.05, 4.69) is 31.4 Å². The summed E-state index contributed by atoms with van der Waals surface area (Å²) in [5.41, 5.74) is 0.327. The molecule has 0 bridgehead atoms. The lowest BCUT2D eigenvalue weighted by molar-refractivity contribution is 0.149. The summed E-state index contributed by atoms with van der Waals surface area (Å²) in [5, 5.41) is 7.23. The van der Waals surface area contributed by atoms with Gasteiger partial charge in [0, 0.05) is 32.8 Å². The van der Waals surface area contributed by atoms with Crippen LogP contribution >= 0.6 is 0 Å². The Hall–Kier alpha value is -0.120. The van der Waals surface area contributed by atoms with Crippen LogP contribution in [0.2, 0.25) is 0 Å². The molecule has 1 aliphatic rings. The molecule has 2 N–H and O–H groups in total. The highest BCUT2D eigenvalue weighted by molar-refractivity contribution is 4.81. The van der Waals surface area contributed by atoms with Crippen LogP contribution in [-0.2, 0) is 4.74 Å². The molecule has 0 spiro atoms. The maximum absolute atomic E-state index is 5.15. The van der Waals surface area contributed by atoms with E-state index in [4.69, 9.17) is 4.74 Å². The average molecular weight is 242 g/mol. The monoisotopic (exact) mass is 242 g/mol. The number of rotatable bonds is 7. The van der Waals surface area contributed by atoms with Gasteiger partial charge in [-0.15, -0.1) is 0 Å². The van der Waals surface area contributed by atoms with Crippen LogP contribution < -0.4 is 10.6 Å². The molecule has 0 saturated carbocycles. The van der Waals surface area contributed by atoms with Gasteiger partial charge in [0.2, 0.25) is 0 Å². The third-order valence-electron chi connectivity index (χ3n) is 3.88. The molecule has 0 aromatic heterocycles. The van der Waals surface area contributed by atoms with Crippen molar-refractivity contribution in [2.75, 3.05) is 33.4 Å². The second-order valence-electron chi connectivity index (χ2n) is 6.22. The van der Waals surface area contributed by atoms with E-state index in [1.807, 2.05) is 0 Å². The number of methoxy groups -OCH3 is 1. The minimum absolute atomic E-state index is 0.327. The van der Waals surface area contributed by atoms with Gasteiger partial charge in [-0.1, -0.05) is 20.8 Å². The molecule has 0 aliphatic carbocycles. The van der Waals surface area contributed by atoms with Crippen LogP contribution in [0.3, 0.4) is 0 Å². The SMILES string of the molecule is COCCC(C)(C)CNCC1NCCCC1C. The Morgan fingerprint density at radius 3 is 2.82 bits per heavy atom. The molecule has 1 rings (SSSR count). The van der Waals surface area contributed by atoms with E-state index in [-0.39, 0.29) is 0 Å². The zero-order valence-corrected chi connectivity index (χ0v) is 12.0. The lowest BCUT2D eigenvalue weighted by Gasteiger charge is -2.32. The molecule has 3 heteroatoms. The van der Waals surface area contributed by atoms with Crippen molar-refractivity contribution < 1.29 is 4.74 Å². The molecule has 2 atom stereocenters. The van der Waals surface area contributed by atoms with Crippen LogP contribution in [0.1, 0.15) is 40.0 Å². The summed E-state index contributed by atoms with van der Waals surface area (Å²) in [5.74, 6) is 0.804. The minimum Gasteiger partial charge on any atom is -0.385 e. The lowest BCUT2D eigenvalue weighted by Crippen LogP contribution is -2.48. The second kappa shape index (κ2) is 7.34. The molecule has 102 valence electrons. The van der Waals surface area contributed by atoms with E-state index in [1.54, 1.807) is 7.11 Å². The molecule has 3 nitrogen and oxygen atoms in total. The molecule has 1 fully saturated rings. The molecule has 1 saturated heterocycles. The summed E-state index contributed by atoms with van der Waals surface area (Å²) >= 11 is 0. The Bertz CT molecular complexity index is 206. The molecule has 1 aliphatic heterocycles. The van der Waals surface area contributed by atoms with E-state index in [9.17, 15) is 0 Å². The third kappa shape index (κ3) is 5.84. The summed E-state index contributed by atoms with van der Waals surface area (Å²) < 4.78 is 5.15. The topological polar surface area (TPSA) is 33.3 Å². The Labute approximate surface area is 107 Å². The van der Waals surface area contributed by atoms with Gasteiger partial charge in [-0.2, -0.15) is 0 Å². The maximum Gasteiger partial charge on any atom is 0.0467 e. The molecule has 0 amide bonds. The summed E-state index contributed by atoms with van der Waals surface area (Å²) in [6.07, 6.45) is 3.81. The van der Waals surface area contributed by atoms with Gasteiger partial charge in [-0.25, -0.2) is 0 Å². The van der Waals surface area contributed by atoms with Crippen molar-refractivity contribution in [3.05, 3.63) is 0 Å². The van der Waals surface area contributed by atoms with Crippen LogP contribution in [0.4, 0.5) is 0 Å². The molecule has 0 aromatic carbocycles. The second-order valence-corrected chi connectivity index (χ2v) is 6.22. The average Bonchev–Trinajstić information content (AvgIpc) is 2.29. The van der Waals surface area contributed by atoms with Gasteiger partial charge in [0.25, 0.3) is 0 Å². The molecule has 0 radical (unpaired) electrons. The molecular formula is C14H30N2O. The predicted octanol–water partition coefficient (Wildman–Crippen LogP) is 2.03. The largest absolute Gasteiger partial charge is 0.385 e. The Balaban J connectivity index is 2.17. The highest BCUT2D eigenvalue weighted by Gasteiger charge is 2.22. The first-order valence-electron chi connectivity index (χ1n) is 6.98. The number of piperidine rings is 1. The molecule has 17 heavy (non-hydrogen) atoms. The van der Waals surface area contributed by atoms with Gasteiger partial charge >= 0.3 is 0 Å². The van der Waals surface area contributed by atoms with E-state index in [0.717, 1.165) is 32.0 Å². The fourth-order valence-electron chi connectivity index (χ4n) is 2.42. The predicted molar refractivity (Wildman–Crippen MR) is 73.3 cm³/mol. The fourth-order valence-corrected chi connectivity index (χ4v) is 2.42. The van der Waals surface area contributed by atoms with Crippen LogP contribution in [-0.4, -0.2) is 39.4 Å². The highest BCUT2D eigenvalue weighted by atomic mass is 16.5. The smallest absolute Gasteiger partial charge is 0.0467 e. The summed E-state index contributed by atoms with van der Waals surface area (Å²) in [6, 6.07) is 0.655. The normalized spacial score (nSPS) is 26.1. The van der Waals surface area contributed by atoms with Crippen molar-refractivity contribution in [3.63, 3.8) is 0 Å². The highest BCUT2D eigenvalue weighted by Crippen LogP contribution is 2.19. The van der Waals surface area contributed by atoms with Gasteiger partial charge in [-0.05, 0) is 37.1 Å². The Morgan fingerprint density at radius 1 is 1.41 bits per heavy atom. The van der Waals surface area contributed by atoms with Crippen LogP contribution in [0, 0.1) is 11.3 Å². The van der Waals surface area contributed by atoms with Gasteiger partial charge in [-0.3, -0.25) is 0 Å². The van der Waals surface area contributed by atoms with Crippen molar-refractivity contribution in [3.8, 4) is 0 Å². The maximum atomic E-state index is 5.15. The van der Waals surface area contributed by atoms with Crippen molar-refractivity contribution in [1.82, 2.24) is 10.6 Å². The molecule has 0 aromatic rings. The minimum atomic E-state index is 0.327. The first kappa shape index (κ1) is 14.9. The van der Waals surface area contributed by atoms with Gasteiger partial charge in [0.05, 0.1) is 0 Å². The Kier molecular flexibility index (Phi) is 6.45. The third-order valence-corrected chi connectivity index (χ3v) is 3.88. The zero-order chi connectivity index (χ0) is 12.7. The van der Waals surface area contributed by atoms with E-state index in [0.29, 0.717) is 11.5 Å². The van der Waals surface area contributed by atoms with Crippen molar-refractivity contribution in [2.24, 2.45) is 11.3 Å². The molecular weight excluding hydrogens is 212 g/mol. The quantitative estimate of drug-likeness (QED) is 0.716. The Morgan fingerprint density at radius 2 is 2.18 bits per heavy atom. The summed E-state index contributed by atoms with van der Waals surface area (Å²) in [7, 11) is 1.77. The number of hydrogen-bond acceptors (Lipinski definition) is 3. The summed E-state index contributed by atoms with van der Waals surface area (Å²) in [4.78, 5) is 0.